The molecule has 1 aliphatic heterocycles. The fourth-order valence-corrected chi connectivity index (χ4v) is 3.73. The van der Waals surface area contributed by atoms with E-state index in [4.69, 9.17) is 15.7 Å². The van der Waals surface area contributed by atoms with E-state index in [-0.39, 0.29) is 11.7 Å². The lowest BCUT2D eigenvalue weighted by Gasteiger charge is -2.28. The Morgan fingerprint density at radius 2 is 2.19 bits per heavy atom. The molecule has 0 unspecified atom stereocenters. The van der Waals surface area contributed by atoms with E-state index in [2.05, 4.69) is 57.5 Å². The zero-order valence-electron chi connectivity index (χ0n) is 17.8. The number of anilines is 2. The van der Waals surface area contributed by atoms with E-state index in [1.54, 1.807) is 23.3 Å². The summed E-state index contributed by atoms with van der Waals surface area (Å²) in [5, 5.41) is 16.4. The molecule has 0 saturated heterocycles. The summed E-state index contributed by atoms with van der Waals surface area (Å²) in [6.07, 6.45) is 6.35. The summed E-state index contributed by atoms with van der Waals surface area (Å²) >= 11 is 0. The largest absolute Gasteiger partial charge is 0.433 e. The van der Waals surface area contributed by atoms with Crippen molar-refractivity contribution in [2.24, 2.45) is 0 Å². The Hall–Kier alpha value is -3.64. The van der Waals surface area contributed by atoms with Gasteiger partial charge in [0, 0.05) is 30.9 Å². The standard InChI is InChI=1S/C22H26N8O/c1-3-25-19-10-15(9-16-13-29(2)8-5-18(16)19)20-12-26-21(24)22(28-20)31-17-11-27-30(14-17)7-4-6-23/h9-12,14,25H,3-5,7-8,13H2,1-2H3,(H2,24,26). The van der Waals surface area contributed by atoms with E-state index in [1.807, 2.05) is 0 Å². The second-order valence-corrected chi connectivity index (χ2v) is 7.57. The first-order valence-electron chi connectivity index (χ1n) is 10.4. The third-order valence-electron chi connectivity index (χ3n) is 5.23. The van der Waals surface area contributed by atoms with Crippen molar-refractivity contribution in [3.05, 3.63) is 41.9 Å². The Kier molecular flexibility index (Phi) is 6.00. The molecular formula is C22H26N8O. The third-order valence-corrected chi connectivity index (χ3v) is 5.23. The minimum Gasteiger partial charge on any atom is -0.433 e. The number of aromatic nitrogens is 4. The van der Waals surface area contributed by atoms with Crippen molar-refractivity contribution in [1.82, 2.24) is 24.6 Å². The molecule has 0 aliphatic carbocycles. The summed E-state index contributed by atoms with van der Waals surface area (Å²) in [4.78, 5) is 11.3. The number of hydrogen-bond acceptors (Lipinski definition) is 8. The molecule has 0 radical (unpaired) electrons. The Balaban J connectivity index is 1.65. The zero-order chi connectivity index (χ0) is 21.8. The van der Waals surface area contributed by atoms with Crippen LogP contribution in [0.4, 0.5) is 11.5 Å². The van der Waals surface area contributed by atoms with Crippen molar-refractivity contribution in [2.75, 3.05) is 31.2 Å². The average Bonchev–Trinajstić information content (AvgIpc) is 3.21. The van der Waals surface area contributed by atoms with E-state index < -0.39 is 0 Å². The van der Waals surface area contributed by atoms with Crippen LogP contribution >= 0.6 is 0 Å². The molecule has 0 fully saturated rings. The van der Waals surface area contributed by atoms with Crippen molar-refractivity contribution < 1.29 is 4.74 Å². The van der Waals surface area contributed by atoms with E-state index in [9.17, 15) is 0 Å². The van der Waals surface area contributed by atoms with Gasteiger partial charge in [-0.15, -0.1) is 0 Å². The number of nitriles is 1. The highest BCUT2D eigenvalue weighted by Crippen LogP contribution is 2.33. The Morgan fingerprint density at radius 3 is 3.00 bits per heavy atom. The van der Waals surface area contributed by atoms with E-state index >= 15 is 0 Å². The van der Waals surface area contributed by atoms with E-state index in [1.165, 1.54) is 11.1 Å². The molecule has 2 aromatic heterocycles. The van der Waals surface area contributed by atoms with Crippen LogP contribution in [-0.2, 0) is 19.5 Å². The number of fused-ring (bicyclic) bond motifs is 1. The highest BCUT2D eigenvalue weighted by atomic mass is 16.5. The van der Waals surface area contributed by atoms with Crippen LogP contribution < -0.4 is 15.8 Å². The molecule has 0 bridgehead atoms. The highest BCUT2D eigenvalue weighted by Gasteiger charge is 2.19. The maximum atomic E-state index is 8.72. The molecule has 0 amide bonds. The number of likely N-dealkylation sites (N-methyl/N-ethyl adjacent to an activating group) is 1. The van der Waals surface area contributed by atoms with Crippen molar-refractivity contribution in [3.63, 3.8) is 0 Å². The van der Waals surface area contributed by atoms with Crippen LogP contribution in [0.5, 0.6) is 11.6 Å². The molecule has 160 valence electrons. The van der Waals surface area contributed by atoms with Gasteiger partial charge in [-0.25, -0.2) is 9.97 Å². The average molecular weight is 419 g/mol. The van der Waals surface area contributed by atoms with Gasteiger partial charge < -0.3 is 20.7 Å². The van der Waals surface area contributed by atoms with Crippen LogP contribution in [0, 0.1) is 11.3 Å². The summed E-state index contributed by atoms with van der Waals surface area (Å²) in [7, 11) is 2.13. The van der Waals surface area contributed by atoms with Gasteiger partial charge in [0.25, 0.3) is 5.88 Å². The fraction of sp³-hybridized carbons (Fsp3) is 0.364. The Labute approximate surface area is 181 Å². The number of hydrogen-bond donors (Lipinski definition) is 2. The fourth-order valence-electron chi connectivity index (χ4n) is 3.73. The second-order valence-electron chi connectivity index (χ2n) is 7.57. The zero-order valence-corrected chi connectivity index (χ0v) is 17.8. The van der Waals surface area contributed by atoms with Crippen LogP contribution in [-0.4, -0.2) is 44.8 Å². The Morgan fingerprint density at radius 1 is 1.32 bits per heavy atom. The van der Waals surface area contributed by atoms with Gasteiger partial charge >= 0.3 is 0 Å². The first kappa shape index (κ1) is 20.6. The third kappa shape index (κ3) is 4.59. The lowest BCUT2D eigenvalue weighted by molar-refractivity contribution is 0.313. The number of ether oxygens (including phenoxy) is 1. The van der Waals surface area contributed by atoms with Crippen molar-refractivity contribution in [2.45, 2.75) is 32.9 Å². The highest BCUT2D eigenvalue weighted by molar-refractivity contribution is 5.71. The predicted octanol–water partition coefficient (Wildman–Crippen LogP) is 3.05. The number of nitrogen functional groups attached to an aromatic ring is 1. The van der Waals surface area contributed by atoms with Gasteiger partial charge in [-0.3, -0.25) is 4.68 Å². The van der Waals surface area contributed by atoms with Crippen molar-refractivity contribution in [1.29, 1.82) is 5.26 Å². The molecule has 0 spiro atoms. The molecule has 9 nitrogen and oxygen atoms in total. The molecule has 1 aliphatic rings. The summed E-state index contributed by atoms with van der Waals surface area (Å²) < 4.78 is 7.50. The lowest BCUT2D eigenvalue weighted by Crippen LogP contribution is -2.27. The molecule has 9 heteroatoms. The van der Waals surface area contributed by atoms with Gasteiger partial charge in [0.2, 0.25) is 0 Å². The smallest absolute Gasteiger partial charge is 0.263 e. The van der Waals surface area contributed by atoms with Gasteiger partial charge in [-0.2, -0.15) is 10.4 Å². The van der Waals surface area contributed by atoms with Crippen molar-refractivity contribution >= 4 is 11.5 Å². The summed E-state index contributed by atoms with van der Waals surface area (Å²) in [5.41, 5.74) is 11.5. The van der Waals surface area contributed by atoms with Crippen LogP contribution in [0.15, 0.2) is 30.7 Å². The summed E-state index contributed by atoms with van der Waals surface area (Å²) in [5.74, 6) is 0.937. The summed E-state index contributed by atoms with van der Waals surface area (Å²) in [6, 6.07) is 6.39. The molecule has 0 atom stereocenters. The minimum atomic E-state index is 0.207. The topological polar surface area (TPSA) is 118 Å². The van der Waals surface area contributed by atoms with Gasteiger partial charge in [-0.1, -0.05) is 0 Å². The molecule has 0 saturated carbocycles. The molecule has 3 heterocycles. The minimum absolute atomic E-state index is 0.207. The number of aryl methyl sites for hydroxylation is 1. The van der Waals surface area contributed by atoms with E-state index in [0.717, 1.165) is 37.3 Å². The summed E-state index contributed by atoms with van der Waals surface area (Å²) in [6.45, 7) is 5.39. The van der Waals surface area contributed by atoms with Gasteiger partial charge in [0.1, 0.15) is 0 Å². The lowest BCUT2D eigenvalue weighted by atomic mass is 9.94. The first-order valence-corrected chi connectivity index (χ1v) is 10.4. The number of nitrogens with two attached hydrogens (primary N) is 1. The predicted molar refractivity (Wildman–Crippen MR) is 119 cm³/mol. The normalized spacial score (nSPS) is 13.5. The molecule has 4 rings (SSSR count). The molecule has 1 aromatic carbocycles. The number of nitrogens with zero attached hydrogens (tertiary/aromatic N) is 6. The van der Waals surface area contributed by atoms with E-state index in [0.29, 0.717) is 24.4 Å². The van der Waals surface area contributed by atoms with Crippen LogP contribution in [0.2, 0.25) is 0 Å². The van der Waals surface area contributed by atoms with Gasteiger partial charge in [0.15, 0.2) is 11.6 Å². The maximum absolute atomic E-state index is 8.72. The second kappa shape index (κ2) is 9.02. The maximum Gasteiger partial charge on any atom is 0.263 e. The van der Waals surface area contributed by atoms with Crippen LogP contribution in [0.1, 0.15) is 24.5 Å². The molecular weight excluding hydrogens is 392 g/mol. The van der Waals surface area contributed by atoms with Gasteiger partial charge in [-0.05, 0) is 43.7 Å². The Bertz CT molecular complexity index is 1100. The van der Waals surface area contributed by atoms with Crippen LogP contribution in [0.3, 0.4) is 0 Å². The number of nitrogens with one attached hydrogen (secondary N) is 1. The first-order chi connectivity index (χ1) is 15.1. The quantitative estimate of drug-likeness (QED) is 0.601. The van der Waals surface area contributed by atoms with Crippen LogP contribution in [0.25, 0.3) is 11.3 Å². The SMILES string of the molecule is CCNc1cc(-c2cnc(N)c(Oc3cnn(CCC#N)c3)n2)cc2c1CCN(C)C2. The van der Waals surface area contributed by atoms with Crippen molar-refractivity contribution in [3.8, 4) is 29.0 Å². The molecule has 3 N–H and O–H groups in total. The molecule has 31 heavy (non-hydrogen) atoms. The molecule has 3 aromatic rings. The monoisotopic (exact) mass is 418 g/mol. The van der Waals surface area contributed by atoms with Gasteiger partial charge in [0.05, 0.1) is 43.3 Å². The number of rotatable bonds is 7. The number of benzene rings is 1.